The standard InChI is InChI=1S/C20H20ClN5O3/c1-12(23-19(27)17-9-18(29-25-17)20(2,3)28)11-26-7-6-16(24-26)13-4-5-14(10-22)15(21)8-13/h4-9,12,28H,11H2,1-3H3,(H,23,27). The van der Waals surface area contributed by atoms with E-state index in [-0.39, 0.29) is 17.5 Å². The van der Waals surface area contributed by atoms with Crippen LogP contribution in [0.3, 0.4) is 0 Å². The summed E-state index contributed by atoms with van der Waals surface area (Å²) in [5, 5.41) is 30.3. The van der Waals surface area contributed by atoms with E-state index in [1.54, 1.807) is 42.9 Å². The van der Waals surface area contributed by atoms with Crippen LogP contribution in [-0.4, -0.2) is 32.0 Å². The molecule has 2 heterocycles. The molecular weight excluding hydrogens is 394 g/mol. The molecule has 1 amide bonds. The highest BCUT2D eigenvalue weighted by Crippen LogP contribution is 2.24. The molecule has 0 saturated carbocycles. The van der Waals surface area contributed by atoms with E-state index in [1.165, 1.54) is 6.07 Å². The van der Waals surface area contributed by atoms with Gasteiger partial charge < -0.3 is 14.9 Å². The summed E-state index contributed by atoms with van der Waals surface area (Å²) in [6.07, 6.45) is 1.80. The first-order valence-electron chi connectivity index (χ1n) is 8.91. The molecule has 0 aliphatic rings. The number of carbonyl (C=O) groups is 1. The van der Waals surface area contributed by atoms with Gasteiger partial charge in [-0.25, -0.2) is 0 Å². The summed E-state index contributed by atoms with van der Waals surface area (Å²) < 4.78 is 6.73. The number of rotatable bonds is 6. The summed E-state index contributed by atoms with van der Waals surface area (Å²) in [6.45, 7) is 5.38. The minimum Gasteiger partial charge on any atom is -0.382 e. The van der Waals surface area contributed by atoms with Gasteiger partial charge in [0.25, 0.3) is 5.91 Å². The normalized spacial score (nSPS) is 12.4. The van der Waals surface area contributed by atoms with Crippen molar-refractivity contribution in [2.24, 2.45) is 0 Å². The predicted molar refractivity (Wildman–Crippen MR) is 106 cm³/mol. The number of aromatic nitrogens is 3. The highest BCUT2D eigenvalue weighted by Gasteiger charge is 2.24. The van der Waals surface area contributed by atoms with Gasteiger partial charge in [0, 0.05) is 23.9 Å². The van der Waals surface area contributed by atoms with Crippen LogP contribution >= 0.6 is 11.6 Å². The molecule has 2 aromatic heterocycles. The Morgan fingerprint density at radius 2 is 2.17 bits per heavy atom. The SMILES string of the molecule is CC(Cn1ccc(-c2ccc(C#N)c(Cl)c2)n1)NC(=O)c1cc(C(C)(C)O)on1. The summed E-state index contributed by atoms with van der Waals surface area (Å²) in [5.74, 6) is -0.184. The summed E-state index contributed by atoms with van der Waals surface area (Å²) >= 11 is 6.08. The molecule has 3 aromatic rings. The van der Waals surface area contributed by atoms with E-state index in [9.17, 15) is 9.90 Å². The van der Waals surface area contributed by atoms with E-state index in [1.807, 2.05) is 19.1 Å². The van der Waals surface area contributed by atoms with E-state index in [4.69, 9.17) is 21.4 Å². The third-order valence-electron chi connectivity index (χ3n) is 4.21. The largest absolute Gasteiger partial charge is 0.382 e. The number of halogens is 1. The van der Waals surface area contributed by atoms with Crippen molar-refractivity contribution >= 4 is 17.5 Å². The van der Waals surface area contributed by atoms with Gasteiger partial charge in [-0.15, -0.1) is 0 Å². The molecule has 3 rings (SSSR count). The minimum atomic E-state index is -1.21. The van der Waals surface area contributed by atoms with Crippen LogP contribution in [0.1, 0.15) is 42.6 Å². The molecule has 0 fully saturated rings. The molecule has 1 atom stereocenters. The quantitative estimate of drug-likeness (QED) is 0.641. The van der Waals surface area contributed by atoms with E-state index >= 15 is 0 Å². The Hall–Kier alpha value is -3.15. The Morgan fingerprint density at radius 1 is 1.41 bits per heavy atom. The van der Waals surface area contributed by atoms with Gasteiger partial charge in [-0.05, 0) is 39.0 Å². The first kappa shape index (κ1) is 20.6. The molecule has 1 aromatic carbocycles. The predicted octanol–water partition coefficient (Wildman–Crippen LogP) is 3.11. The topological polar surface area (TPSA) is 117 Å². The zero-order valence-corrected chi connectivity index (χ0v) is 16.9. The van der Waals surface area contributed by atoms with Crippen LogP contribution in [0, 0.1) is 11.3 Å². The average Bonchev–Trinajstić information content (AvgIpc) is 3.31. The molecule has 0 radical (unpaired) electrons. The van der Waals surface area contributed by atoms with Crippen molar-refractivity contribution in [3.8, 4) is 17.3 Å². The number of nitrogens with zero attached hydrogens (tertiary/aromatic N) is 4. The maximum Gasteiger partial charge on any atom is 0.273 e. The molecule has 0 aliphatic heterocycles. The molecule has 0 saturated heterocycles. The summed E-state index contributed by atoms with van der Waals surface area (Å²) in [7, 11) is 0. The lowest BCUT2D eigenvalue weighted by Crippen LogP contribution is -2.36. The van der Waals surface area contributed by atoms with Crippen molar-refractivity contribution in [2.75, 3.05) is 0 Å². The van der Waals surface area contributed by atoms with Crippen molar-refractivity contribution in [1.29, 1.82) is 5.26 Å². The van der Waals surface area contributed by atoms with Crippen LogP contribution in [-0.2, 0) is 12.1 Å². The second kappa shape index (κ2) is 8.07. The summed E-state index contributed by atoms with van der Waals surface area (Å²) in [4.78, 5) is 12.3. The van der Waals surface area contributed by atoms with Crippen molar-refractivity contribution in [2.45, 2.75) is 39.0 Å². The third kappa shape index (κ3) is 4.83. The van der Waals surface area contributed by atoms with Gasteiger partial charge in [-0.2, -0.15) is 10.4 Å². The fourth-order valence-corrected chi connectivity index (χ4v) is 2.90. The van der Waals surface area contributed by atoms with Gasteiger partial charge >= 0.3 is 0 Å². The van der Waals surface area contributed by atoms with Crippen LogP contribution in [0.2, 0.25) is 5.02 Å². The van der Waals surface area contributed by atoms with Gasteiger partial charge in [-0.1, -0.05) is 22.8 Å². The molecule has 0 spiro atoms. The van der Waals surface area contributed by atoms with E-state index < -0.39 is 11.5 Å². The Labute approximate surface area is 172 Å². The molecule has 8 nitrogen and oxygen atoms in total. The summed E-state index contributed by atoms with van der Waals surface area (Å²) in [5.41, 5.74) is 0.804. The molecule has 9 heteroatoms. The third-order valence-corrected chi connectivity index (χ3v) is 4.52. The maximum absolute atomic E-state index is 12.3. The highest BCUT2D eigenvalue weighted by atomic mass is 35.5. The number of aliphatic hydroxyl groups is 1. The second-order valence-electron chi connectivity index (χ2n) is 7.24. The number of nitrogens with one attached hydrogen (secondary N) is 1. The Kier molecular flexibility index (Phi) is 5.73. The van der Waals surface area contributed by atoms with Gasteiger partial charge in [0.2, 0.25) is 0 Å². The molecule has 0 bridgehead atoms. The van der Waals surface area contributed by atoms with Gasteiger partial charge in [0.15, 0.2) is 11.5 Å². The van der Waals surface area contributed by atoms with E-state index in [0.29, 0.717) is 22.8 Å². The Morgan fingerprint density at radius 3 is 2.79 bits per heavy atom. The summed E-state index contributed by atoms with van der Waals surface area (Å²) in [6, 6.07) is 10.2. The fourth-order valence-electron chi connectivity index (χ4n) is 2.68. The van der Waals surface area contributed by atoms with Crippen molar-refractivity contribution in [1.82, 2.24) is 20.3 Å². The van der Waals surface area contributed by atoms with Crippen molar-refractivity contribution < 1.29 is 14.4 Å². The van der Waals surface area contributed by atoms with Crippen LogP contribution in [0.4, 0.5) is 0 Å². The lowest BCUT2D eigenvalue weighted by Gasteiger charge is -2.13. The monoisotopic (exact) mass is 413 g/mol. The first-order valence-corrected chi connectivity index (χ1v) is 9.29. The van der Waals surface area contributed by atoms with E-state index in [0.717, 1.165) is 5.56 Å². The zero-order valence-electron chi connectivity index (χ0n) is 16.2. The smallest absolute Gasteiger partial charge is 0.273 e. The lowest BCUT2D eigenvalue weighted by atomic mass is 10.1. The molecule has 0 aliphatic carbocycles. The van der Waals surface area contributed by atoms with Gasteiger partial charge in [0.1, 0.15) is 11.7 Å². The average molecular weight is 414 g/mol. The maximum atomic E-state index is 12.3. The van der Waals surface area contributed by atoms with Crippen LogP contribution in [0.5, 0.6) is 0 Å². The number of amides is 1. The minimum absolute atomic E-state index is 0.0994. The molecular formula is C20H20ClN5O3. The van der Waals surface area contributed by atoms with Crippen molar-refractivity contribution in [3.63, 3.8) is 0 Å². The van der Waals surface area contributed by atoms with Crippen LogP contribution < -0.4 is 5.32 Å². The Balaban J connectivity index is 1.64. The number of hydrogen-bond donors (Lipinski definition) is 2. The number of nitriles is 1. The highest BCUT2D eigenvalue weighted by molar-refractivity contribution is 6.32. The van der Waals surface area contributed by atoms with Crippen LogP contribution in [0.25, 0.3) is 11.3 Å². The van der Waals surface area contributed by atoms with Crippen molar-refractivity contribution in [3.05, 3.63) is 58.6 Å². The molecule has 1 unspecified atom stereocenters. The van der Waals surface area contributed by atoms with Gasteiger partial charge in [0.05, 0.1) is 22.8 Å². The number of carbonyl (C=O) groups excluding carboxylic acids is 1. The van der Waals surface area contributed by atoms with E-state index in [2.05, 4.69) is 15.6 Å². The molecule has 150 valence electrons. The first-order chi connectivity index (χ1) is 13.7. The zero-order chi connectivity index (χ0) is 21.2. The van der Waals surface area contributed by atoms with Gasteiger partial charge in [-0.3, -0.25) is 9.48 Å². The molecule has 29 heavy (non-hydrogen) atoms. The second-order valence-corrected chi connectivity index (χ2v) is 7.65. The number of benzene rings is 1. The fraction of sp³-hybridized carbons (Fsp3) is 0.300. The lowest BCUT2D eigenvalue weighted by molar-refractivity contribution is 0.0474. The molecule has 2 N–H and O–H groups in total. The van der Waals surface area contributed by atoms with Crippen LogP contribution in [0.15, 0.2) is 41.1 Å². The Bertz CT molecular complexity index is 1070. The number of hydrogen-bond acceptors (Lipinski definition) is 6.